The molecule has 0 aliphatic carbocycles. The lowest BCUT2D eigenvalue weighted by atomic mass is 9.90. The third kappa shape index (κ3) is 2.37. The van der Waals surface area contributed by atoms with E-state index in [4.69, 9.17) is 0 Å². The van der Waals surface area contributed by atoms with Crippen LogP contribution in [0.3, 0.4) is 0 Å². The Morgan fingerprint density at radius 2 is 2.33 bits per heavy atom. The van der Waals surface area contributed by atoms with E-state index in [-0.39, 0.29) is 5.92 Å². The largest absolute Gasteiger partial charge is 0.317 e. The van der Waals surface area contributed by atoms with Gasteiger partial charge in [0, 0.05) is 18.3 Å². The van der Waals surface area contributed by atoms with Gasteiger partial charge < -0.3 is 5.32 Å². The van der Waals surface area contributed by atoms with E-state index in [0.29, 0.717) is 0 Å². The molecule has 2 heterocycles. The van der Waals surface area contributed by atoms with Crippen molar-refractivity contribution in [1.82, 2.24) is 15.1 Å². The number of piperidine rings is 1. The highest BCUT2D eigenvalue weighted by molar-refractivity contribution is 5.09. The average Bonchev–Trinajstić information content (AvgIpc) is 2.78. The standard InChI is InChI=1S/C11H18FN3/c1-2-15-8-10(7-14-15)11(12)9-3-5-13-6-4-9/h7-9,11,13H,2-6H2,1H3. The molecule has 0 aromatic carbocycles. The molecule has 1 atom stereocenters. The maximum atomic E-state index is 14.1. The summed E-state index contributed by atoms with van der Waals surface area (Å²) in [6.07, 6.45) is 4.51. The number of rotatable bonds is 3. The molecule has 1 N–H and O–H groups in total. The Morgan fingerprint density at radius 3 is 2.93 bits per heavy atom. The van der Waals surface area contributed by atoms with Gasteiger partial charge in [-0.05, 0) is 38.8 Å². The maximum Gasteiger partial charge on any atom is 0.131 e. The fourth-order valence-electron chi connectivity index (χ4n) is 2.10. The van der Waals surface area contributed by atoms with Gasteiger partial charge in [0.25, 0.3) is 0 Å². The van der Waals surface area contributed by atoms with Crippen molar-refractivity contribution in [3.8, 4) is 0 Å². The summed E-state index contributed by atoms with van der Waals surface area (Å²) in [6, 6.07) is 0. The molecule has 4 heteroatoms. The van der Waals surface area contributed by atoms with E-state index in [1.165, 1.54) is 0 Å². The maximum absolute atomic E-state index is 14.1. The molecule has 15 heavy (non-hydrogen) atoms. The van der Waals surface area contributed by atoms with Crippen LogP contribution in [0.2, 0.25) is 0 Å². The average molecular weight is 211 g/mol. The zero-order valence-electron chi connectivity index (χ0n) is 9.12. The minimum absolute atomic E-state index is 0.167. The van der Waals surface area contributed by atoms with Crippen LogP contribution in [0.15, 0.2) is 12.4 Å². The highest BCUT2D eigenvalue weighted by Crippen LogP contribution is 2.31. The van der Waals surface area contributed by atoms with Crippen molar-refractivity contribution in [3.05, 3.63) is 18.0 Å². The molecule has 1 aliphatic rings. The molecule has 1 aromatic heterocycles. The first kappa shape index (κ1) is 10.6. The summed E-state index contributed by atoms with van der Waals surface area (Å²) < 4.78 is 15.9. The van der Waals surface area contributed by atoms with Gasteiger partial charge in [0.15, 0.2) is 0 Å². The quantitative estimate of drug-likeness (QED) is 0.827. The Balaban J connectivity index is 2.02. The number of aromatic nitrogens is 2. The summed E-state index contributed by atoms with van der Waals surface area (Å²) in [4.78, 5) is 0. The predicted molar refractivity (Wildman–Crippen MR) is 57.3 cm³/mol. The molecule has 1 aromatic rings. The molecule has 2 rings (SSSR count). The fourth-order valence-corrected chi connectivity index (χ4v) is 2.10. The van der Waals surface area contributed by atoms with Crippen LogP contribution < -0.4 is 5.32 Å². The molecule has 1 unspecified atom stereocenters. The summed E-state index contributed by atoms with van der Waals surface area (Å²) in [5, 5.41) is 7.36. The van der Waals surface area contributed by atoms with Gasteiger partial charge in [-0.3, -0.25) is 4.68 Å². The zero-order chi connectivity index (χ0) is 10.7. The molecule has 0 saturated carbocycles. The van der Waals surface area contributed by atoms with Crippen LogP contribution in [0.1, 0.15) is 31.5 Å². The van der Waals surface area contributed by atoms with Crippen LogP contribution in [0.25, 0.3) is 0 Å². The van der Waals surface area contributed by atoms with Gasteiger partial charge in [-0.1, -0.05) is 0 Å². The van der Waals surface area contributed by atoms with Crippen molar-refractivity contribution in [3.63, 3.8) is 0 Å². The molecular formula is C11H18FN3. The minimum Gasteiger partial charge on any atom is -0.317 e. The van der Waals surface area contributed by atoms with Crippen molar-refractivity contribution < 1.29 is 4.39 Å². The van der Waals surface area contributed by atoms with Crippen LogP contribution in [-0.4, -0.2) is 22.9 Å². The lowest BCUT2D eigenvalue weighted by Crippen LogP contribution is -2.29. The third-order valence-electron chi connectivity index (χ3n) is 3.09. The van der Waals surface area contributed by atoms with Crippen molar-refractivity contribution >= 4 is 0 Å². The second kappa shape index (κ2) is 4.75. The summed E-state index contributed by atoms with van der Waals surface area (Å²) >= 11 is 0. The van der Waals surface area contributed by atoms with Crippen molar-refractivity contribution in [2.75, 3.05) is 13.1 Å². The molecule has 1 aliphatic heterocycles. The van der Waals surface area contributed by atoms with E-state index in [0.717, 1.165) is 38.0 Å². The van der Waals surface area contributed by atoms with Crippen LogP contribution in [0.4, 0.5) is 4.39 Å². The monoisotopic (exact) mass is 211 g/mol. The number of hydrogen-bond acceptors (Lipinski definition) is 2. The Labute approximate surface area is 89.7 Å². The van der Waals surface area contributed by atoms with E-state index >= 15 is 0 Å². The van der Waals surface area contributed by atoms with Gasteiger partial charge in [-0.25, -0.2) is 4.39 Å². The van der Waals surface area contributed by atoms with Gasteiger partial charge in [-0.15, -0.1) is 0 Å². The number of hydrogen-bond donors (Lipinski definition) is 1. The number of halogens is 1. The molecular weight excluding hydrogens is 193 g/mol. The Morgan fingerprint density at radius 1 is 1.60 bits per heavy atom. The van der Waals surface area contributed by atoms with E-state index in [2.05, 4.69) is 10.4 Å². The Hall–Kier alpha value is -0.900. The second-order valence-electron chi connectivity index (χ2n) is 4.12. The van der Waals surface area contributed by atoms with Crippen LogP contribution in [0, 0.1) is 5.92 Å². The molecule has 84 valence electrons. The minimum atomic E-state index is -0.840. The Bertz CT molecular complexity index is 305. The van der Waals surface area contributed by atoms with E-state index in [1.807, 2.05) is 13.1 Å². The van der Waals surface area contributed by atoms with Crippen molar-refractivity contribution in [2.24, 2.45) is 5.92 Å². The highest BCUT2D eigenvalue weighted by atomic mass is 19.1. The summed E-state index contributed by atoms with van der Waals surface area (Å²) in [5.74, 6) is 0.167. The number of alkyl halides is 1. The molecule has 0 amide bonds. The topological polar surface area (TPSA) is 29.9 Å². The second-order valence-corrected chi connectivity index (χ2v) is 4.12. The molecule has 0 bridgehead atoms. The molecule has 1 saturated heterocycles. The van der Waals surface area contributed by atoms with Crippen molar-refractivity contribution in [2.45, 2.75) is 32.5 Å². The number of nitrogens with one attached hydrogen (secondary N) is 1. The first-order chi connectivity index (χ1) is 7.31. The predicted octanol–water partition coefficient (Wildman–Crippen LogP) is 1.91. The van der Waals surface area contributed by atoms with E-state index < -0.39 is 6.17 Å². The summed E-state index contributed by atoms with van der Waals surface area (Å²) in [6.45, 7) is 4.69. The van der Waals surface area contributed by atoms with Gasteiger partial charge in [0.05, 0.1) is 6.20 Å². The third-order valence-corrected chi connectivity index (χ3v) is 3.09. The zero-order valence-corrected chi connectivity index (χ0v) is 9.12. The summed E-state index contributed by atoms with van der Waals surface area (Å²) in [5.41, 5.74) is 0.740. The Kier molecular flexibility index (Phi) is 3.36. The van der Waals surface area contributed by atoms with Gasteiger partial charge in [0.2, 0.25) is 0 Å². The smallest absolute Gasteiger partial charge is 0.131 e. The number of nitrogens with zero attached hydrogens (tertiary/aromatic N) is 2. The van der Waals surface area contributed by atoms with Crippen molar-refractivity contribution in [1.29, 1.82) is 0 Å². The fraction of sp³-hybridized carbons (Fsp3) is 0.727. The summed E-state index contributed by atoms with van der Waals surface area (Å²) in [7, 11) is 0. The van der Waals surface area contributed by atoms with E-state index in [9.17, 15) is 4.39 Å². The highest BCUT2D eigenvalue weighted by Gasteiger charge is 2.25. The van der Waals surface area contributed by atoms with Crippen LogP contribution in [0.5, 0.6) is 0 Å². The first-order valence-electron chi connectivity index (χ1n) is 5.68. The molecule has 1 fully saturated rings. The molecule has 0 spiro atoms. The molecule has 3 nitrogen and oxygen atoms in total. The molecule has 0 radical (unpaired) electrons. The van der Waals surface area contributed by atoms with Gasteiger partial charge >= 0.3 is 0 Å². The van der Waals surface area contributed by atoms with Gasteiger partial charge in [0.1, 0.15) is 6.17 Å². The lowest BCUT2D eigenvalue weighted by molar-refractivity contribution is 0.190. The number of aryl methyl sites for hydroxylation is 1. The van der Waals surface area contributed by atoms with Crippen LogP contribution >= 0.6 is 0 Å². The lowest BCUT2D eigenvalue weighted by Gasteiger charge is -2.25. The van der Waals surface area contributed by atoms with Gasteiger partial charge in [-0.2, -0.15) is 5.10 Å². The normalized spacial score (nSPS) is 20.4. The first-order valence-corrected chi connectivity index (χ1v) is 5.68. The van der Waals surface area contributed by atoms with E-state index in [1.54, 1.807) is 10.9 Å². The van der Waals surface area contributed by atoms with Crippen LogP contribution in [-0.2, 0) is 6.54 Å². The SMILES string of the molecule is CCn1cc(C(F)C2CCNCC2)cn1.